The van der Waals surface area contributed by atoms with Crippen LogP contribution in [0.3, 0.4) is 0 Å². The highest BCUT2D eigenvalue weighted by Gasteiger charge is 2.09. The maximum atomic E-state index is 13.4. The van der Waals surface area contributed by atoms with Crippen LogP contribution in [0.25, 0.3) is 10.2 Å². The molecule has 0 aliphatic heterocycles. The lowest BCUT2D eigenvalue weighted by Gasteiger charge is -2.05. The molecule has 2 rings (SSSR count). The fraction of sp³-hybridized carbons (Fsp3) is 0.300. The van der Waals surface area contributed by atoms with Gasteiger partial charge >= 0.3 is 0 Å². The molecule has 0 amide bonds. The highest BCUT2D eigenvalue weighted by molar-refractivity contribution is 7.16. The Morgan fingerprint density at radius 1 is 1.38 bits per heavy atom. The van der Waals surface area contributed by atoms with Gasteiger partial charge in [0.05, 0.1) is 15.7 Å². The smallest absolute Gasteiger partial charge is 0.128 e. The first-order chi connectivity index (χ1) is 6.18. The van der Waals surface area contributed by atoms with E-state index in [0.29, 0.717) is 0 Å². The molecule has 0 atom stereocenters. The van der Waals surface area contributed by atoms with E-state index in [4.69, 9.17) is 0 Å². The monoisotopic (exact) mass is 195 g/mol. The summed E-state index contributed by atoms with van der Waals surface area (Å²) in [5.41, 5.74) is 3.28. The topological polar surface area (TPSA) is 12.9 Å². The van der Waals surface area contributed by atoms with Crippen molar-refractivity contribution in [1.82, 2.24) is 4.98 Å². The van der Waals surface area contributed by atoms with Gasteiger partial charge in [-0.05, 0) is 17.5 Å². The summed E-state index contributed by atoms with van der Waals surface area (Å²) in [4.78, 5) is 4.06. The van der Waals surface area contributed by atoms with Gasteiger partial charge in [-0.2, -0.15) is 0 Å². The van der Waals surface area contributed by atoms with Crippen LogP contribution in [0, 0.1) is 5.82 Å². The van der Waals surface area contributed by atoms with Crippen molar-refractivity contribution in [2.45, 2.75) is 19.8 Å². The second kappa shape index (κ2) is 3.07. The van der Waals surface area contributed by atoms with E-state index in [9.17, 15) is 4.39 Å². The van der Waals surface area contributed by atoms with Crippen molar-refractivity contribution >= 4 is 21.6 Å². The van der Waals surface area contributed by atoms with Crippen LogP contribution in [-0.4, -0.2) is 4.98 Å². The predicted octanol–water partition coefficient (Wildman–Crippen LogP) is 3.56. The molecule has 13 heavy (non-hydrogen) atoms. The lowest BCUT2D eigenvalue weighted by Crippen LogP contribution is -1.91. The molecule has 1 aromatic heterocycles. The van der Waals surface area contributed by atoms with E-state index < -0.39 is 0 Å². The molecule has 3 heteroatoms. The highest BCUT2D eigenvalue weighted by Crippen LogP contribution is 2.26. The largest absolute Gasteiger partial charge is 0.245 e. The number of rotatable bonds is 1. The molecule has 0 fully saturated rings. The lowest BCUT2D eigenvalue weighted by atomic mass is 10.0. The third-order valence-electron chi connectivity index (χ3n) is 2.07. The van der Waals surface area contributed by atoms with Gasteiger partial charge in [0, 0.05) is 6.07 Å². The van der Waals surface area contributed by atoms with Gasteiger partial charge in [0.25, 0.3) is 0 Å². The summed E-state index contributed by atoms with van der Waals surface area (Å²) in [7, 11) is 0. The van der Waals surface area contributed by atoms with Gasteiger partial charge in [0.2, 0.25) is 0 Å². The third-order valence-corrected chi connectivity index (χ3v) is 2.86. The van der Waals surface area contributed by atoms with Gasteiger partial charge in [0.15, 0.2) is 0 Å². The molecule has 0 saturated carbocycles. The maximum Gasteiger partial charge on any atom is 0.128 e. The van der Waals surface area contributed by atoms with E-state index in [1.54, 1.807) is 16.8 Å². The standard InChI is InChI=1S/C10H10FNS/c1-6(2)7-3-10-9(4-8(7)11)12-5-13-10/h3-6H,1-2H3. The Hall–Kier alpha value is -0.960. The van der Waals surface area contributed by atoms with Crippen molar-refractivity contribution in [1.29, 1.82) is 0 Å². The van der Waals surface area contributed by atoms with Gasteiger partial charge in [-0.15, -0.1) is 11.3 Å². The number of hydrogen-bond donors (Lipinski definition) is 0. The van der Waals surface area contributed by atoms with Crippen LogP contribution in [0.15, 0.2) is 17.6 Å². The number of fused-ring (bicyclic) bond motifs is 1. The Balaban J connectivity index is 2.69. The van der Waals surface area contributed by atoms with E-state index in [-0.39, 0.29) is 11.7 Å². The molecule has 1 nitrogen and oxygen atoms in total. The molecular formula is C10H10FNS. The Labute approximate surface area is 80.2 Å². The molecule has 1 aromatic carbocycles. The zero-order chi connectivity index (χ0) is 9.42. The Kier molecular flexibility index (Phi) is 2.04. The van der Waals surface area contributed by atoms with Gasteiger partial charge in [-0.3, -0.25) is 0 Å². The summed E-state index contributed by atoms with van der Waals surface area (Å²) in [6.07, 6.45) is 0. The summed E-state index contributed by atoms with van der Waals surface area (Å²) in [5.74, 6) is 0.0832. The number of thiazole rings is 1. The lowest BCUT2D eigenvalue weighted by molar-refractivity contribution is 0.600. The summed E-state index contributed by atoms with van der Waals surface area (Å²) < 4.78 is 14.5. The molecule has 2 aromatic rings. The van der Waals surface area contributed by atoms with Crippen molar-refractivity contribution in [3.8, 4) is 0 Å². The van der Waals surface area contributed by atoms with Crippen LogP contribution in [-0.2, 0) is 0 Å². The van der Waals surface area contributed by atoms with Gasteiger partial charge < -0.3 is 0 Å². The minimum absolute atomic E-state index is 0.145. The van der Waals surface area contributed by atoms with Crippen LogP contribution < -0.4 is 0 Å². The summed E-state index contributed by atoms with van der Waals surface area (Å²) in [6.45, 7) is 3.98. The van der Waals surface area contributed by atoms with E-state index in [2.05, 4.69) is 4.98 Å². The molecule has 0 aliphatic rings. The third kappa shape index (κ3) is 1.44. The maximum absolute atomic E-state index is 13.4. The average molecular weight is 195 g/mol. The molecular weight excluding hydrogens is 185 g/mol. The van der Waals surface area contributed by atoms with Crippen LogP contribution in [0.5, 0.6) is 0 Å². The molecule has 0 radical (unpaired) electrons. The van der Waals surface area contributed by atoms with Crippen LogP contribution >= 0.6 is 11.3 Å². The molecule has 68 valence electrons. The molecule has 0 unspecified atom stereocenters. The van der Waals surface area contributed by atoms with Crippen molar-refractivity contribution < 1.29 is 4.39 Å². The molecule has 0 N–H and O–H groups in total. The quantitative estimate of drug-likeness (QED) is 0.678. The number of hydrogen-bond acceptors (Lipinski definition) is 2. The minimum Gasteiger partial charge on any atom is -0.245 e. The summed E-state index contributed by atoms with van der Waals surface area (Å²) in [5, 5.41) is 0. The number of nitrogens with zero attached hydrogens (tertiary/aromatic N) is 1. The van der Waals surface area contributed by atoms with Crippen LogP contribution in [0.1, 0.15) is 25.3 Å². The Morgan fingerprint density at radius 3 is 2.85 bits per heavy atom. The highest BCUT2D eigenvalue weighted by atomic mass is 32.1. The molecule has 0 saturated heterocycles. The second-order valence-corrected chi connectivity index (χ2v) is 4.23. The van der Waals surface area contributed by atoms with Gasteiger partial charge in [0.1, 0.15) is 5.82 Å². The van der Waals surface area contributed by atoms with Gasteiger partial charge in [-0.1, -0.05) is 13.8 Å². The van der Waals surface area contributed by atoms with Gasteiger partial charge in [-0.25, -0.2) is 9.37 Å². The SMILES string of the molecule is CC(C)c1cc2scnc2cc1F. The number of aromatic nitrogens is 1. The van der Waals surface area contributed by atoms with Crippen LogP contribution in [0.4, 0.5) is 4.39 Å². The first-order valence-corrected chi connectivity index (χ1v) is 5.09. The summed E-state index contributed by atoms with van der Waals surface area (Å²) in [6, 6.07) is 3.41. The van der Waals surface area contributed by atoms with Crippen molar-refractivity contribution in [3.05, 3.63) is 29.0 Å². The Morgan fingerprint density at radius 2 is 2.15 bits per heavy atom. The van der Waals surface area contributed by atoms with E-state index in [1.807, 2.05) is 19.9 Å². The van der Waals surface area contributed by atoms with E-state index >= 15 is 0 Å². The Bertz CT molecular complexity index is 433. The molecule has 0 spiro atoms. The zero-order valence-electron chi connectivity index (χ0n) is 7.54. The first-order valence-electron chi connectivity index (χ1n) is 4.21. The van der Waals surface area contributed by atoms with E-state index in [0.717, 1.165) is 15.8 Å². The minimum atomic E-state index is -0.145. The molecule has 0 aliphatic carbocycles. The van der Waals surface area contributed by atoms with Crippen molar-refractivity contribution in [2.24, 2.45) is 0 Å². The van der Waals surface area contributed by atoms with Crippen molar-refractivity contribution in [3.63, 3.8) is 0 Å². The average Bonchev–Trinajstić information content (AvgIpc) is 2.48. The number of halogens is 1. The van der Waals surface area contributed by atoms with Crippen molar-refractivity contribution in [2.75, 3.05) is 0 Å². The fourth-order valence-electron chi connectivity index (χ4n) is 1.34. The normalized spacial score (nSPS) is 11.4. The zero-order valence-corrected chi connectivity index (χ0v) is 8.36. The first kappa shape index (κ1) is 8.63. The summed E-state index contributed by atoms with van der Waals surface area (Å²) >= 11 is 1.55. The second-order valence-electron chi connectivity index (χ2n) is 3.35. The predicted molar refractivity (Wildman–Crippen MR) is 53.7 cm³/mol. The molecule has 0 bridgehead atoms. The van der Waals surface area contributed by atoms with E-state index in [1.165, 1.54) is 6.07 Å². The number of benzene rings is 1. The molecule has 1 heterocycles. The van der Waals surface area contributed by atoms with Crippen LogP contribution in [0.2, 0.25) is 0 Å². The fourth-order valence-corrected chi connectivity index (χ4v) is 2.04.